The van der Waals surface area contributed by atoms with Crippen molar-refractivity contribution >= 4 is 22.6 Å². The van der Waals surface area contributed by atoms with Gasteiger partial charge in [0.15, 0.2) is 11.5 Å². The molecule has 3 aromatic rings. The number of phenolic OH excluding ortho intramolecular Hbond substituents is 2. The van der Waals surface area contributed by atoms with Crippen LogP contribution in [0.4, 0.5) is 0 Å². The molecule has 0 saturated heterocycles. The first-order chi connectivity index (χ1) is 9.13. The van der Waals surface area contributed by atoms with Crippen LogP contribution in [0.2, 0.25) is 5.02 Å². The van der Waals surface area contributed by atoms with Gasteiger partial charge in [-0.3, -0.25) is 4.98 Å². The Morgan fingerprint density at radius 1 is 0.895 bits per heavy atom. The van der Waals surface area contributed by atoms with Crippen LogP contribution in [0.3, 0.4) is 0 Å². The molecule has 0 aliphatic carbocycles. The van der Waals surface area contributed by atoms with Gasteiger partial charge in [0.2, 0.25) is 0 Å². The van der Waals surface area contributed by atoms with Crippen molar-refractivity contribution < 1.29 is 10.2 Å². The number of aromatic hydroxyl groups is 2. The smallest absolute Gasteiger partial charge is 0.158 e. The predicted molar refractivity (Wildman–Crippen MR) is 73.3 cm³/mol. The second-order valence-corrected chi connectivity index (χ2v) is 4.53. The van der Waals surface area contributed by atoms with E-state index in [4.69, 9.17) is 11.6 Å². The highest BCUT2D eigenvalue weighted by molar-refractivity contribution is 6.31. The molecule has 5 heteroatoms. The van der Waals surface area contributed by atoms with Crippen LogP contribution in [0.1, 0.15) is 0 Å². The summed E-state index contributed by atoms with van der Waals surface area (Å²) in [5, 5.41) is 19.4. The highest BCUT2D eigenvalue weighted by Crippen LogP contribution is 2.30. The third-order valence-corrected chi connectivity index (χ3v) is 3.01. The van der Waals surface area contributed by atoms with Gasteiger partial charge in [-0.05, 0) is 36.4 Å². The number of aromatic nitrogens is 2. The summed E-state index contributed by atoms with van der Waals surface area (Å²) in [4.78, 5) is 8.72. The highest BCUT2D eigenvalue weighted by atomic mass is 35.5. The number of fused-ring (bicyclic) bond motifs is 1. The van der Waals surface area contributed by atoms with Crippen LogP contribution < -0.4 is 0 Å². The van der Waals surface area contributed by atoms with Gasteiger partial charge in [-0.25, -0.2) is 4.98 Å². The number of hydrogen-bond donors (Lipinski definition) is 2. The number of hydrogen-bond acceptors (Lipinski definition) is 4. The third kappa shape index (κ3) is 2.18. The fourth-order valence-corrected chi connectivity index (χ4v) is 1.97. The van der Waals surface area contributed by atoms with Crippen molar-refractivity contribution in [2.75, 3.05) is 0 Å². The van der Waals surface area contributed by atoms with Gasteiger partial charge >= 0.3 is 0 Å². The van der Waals surface area contributed by atoms with Crippen LogP contribution in [-0.2, 0) is 0 Å². The second kappa shape index (κ2) is 4.40. The van der Waals surface area contributed by atoms with Crippen molar-refractivity contribution in [1.29, 1.82) is 0 Å². The minimum Gasteiger partial charge on any atom is -0.504 e. The van der Waals surface area contributed by atoms with Gasteiger partial charge in [0.05, 0.1) is 22.9 Å². The van der Waals surface area contributed by atoms with Crippen molar-refractivity contribution in [2.24, 2.45) is 0 Å². The summed E-state index contributed by atoms with van der Waals surface area (Å²) in [5.41, 5.74) is 2.72. The Morgan fingerprint density at radius 2 is 1.74 bits per heavy atom. The minimum atomic E-state index is -0.185. The first-order valence-electron chi connectivity index (χ1n) is 5.58. The summed E-state index contributed by atoms with van der Waals surface area (Å²) in [6, 6.07) is 9.80. The van der Waals surface area contributed by atoms with Crippen molar-refractivity contribution in [3.8, 4) is 22.8 Å². The van der Waals surface area contributed by atoms with Crippen LogP contribution in [0.15, 0.2) is 42.6 Å². The van der Waals surface area contributed by atoms with E-state index >= 15 is 0 Å². The summed E-state index contributed by atoms with van der Waals surface area (Å²) in [7, 11) is 0. The lowest BCUT2D eigenvalue weighted by Gasteiger charge is -2.04. The van der Waals surface area contributed by atoms with E-state index in [0.29, 0.717) is 21.8 Å². The maximum absolute atomic E-state index is 9.50. The zero-order valence-electron chi connectivity index (χ0n) is 9.71. The summed E-state index contributed by atoms with van der Waals surface area (Å²) in [5.74, 6) is -0.347. The Bertz CT molecular complexity index is 774. The van der Waals surface area contributed by atoms with Crippen LogP contribution in [0.25, 0.3) is 22.3 Å². The highest BCUT2D eigenvalue weighted by Gasteiger charge is 2.06. The first kappa shape index (κ1) is 11.7. The molecule has 2 aromatic carbocycles. The van der Waals surface area contributed by atoms with Crippen molar-refractivity contribution in [3.05, 3.63) is 47.6 Å². The molecule has 0 amide bonds. The summed E-state index contributed by atoms with van der Waals surface area (Å²) in [6.45, 7) is 0. The number of halogens is 1. The minimum absolute atomic E-state index is 0.163. The van der Waals surface area contributed by atoms with Gasteiger partial charge in [-0.1, -0.05) is 11.6 Å². The number of benzene rings is 2. The molecular formula is C14H9ClN2O2. The van der Waals surface area contributed by atoms with Gasteiger partial charge in [-0.2, -0.15) is 0 Å². The van der Waals surface area contributed by atoms with E-state index in [0.717, 1.165) is 5.52 Å². The fraction of sp³-hybridized carbons (Fsp3) is 0. The van der Waals surface area contributed by atoms with Crippen molar-refractivity contribution in [3.63, 3.8) is 0 Å². The Balaban J connectivity index is 2.14. The molecule has 3 rings (SSSR count). The van der Waals surface area contributed by atoms with Crippen LogP contribution in [0.5, 0.6) is 11.5 Å². The van der Waals surface area contributed by atoms with Gasteiger partial charge < -0.3 is 10.2 Å². The average Bonchev–Trinajstić information content (AvgIpc) is 2.41. The predicted octanol–water partition coefficient (Wildman–Crippen LogP) is 3.36. The maximum atomic E-state index is 9.50. The zero-order valence-corrected chi connectivity index (χ0v) is 10.5. The molecule has 0 atom stereocenters. The fourth-order valence-electron chi connectivity index (χ4n) is 1.81. The Morgan fingerprint density at radius 3 is 2.53 bits per heavy atom. The largest absolute Gasteiger partial charge is 0.504 e. The summed E-state index contributed by atoms with van der Waals surface area (Å²) in [6.07, 6.45) is 1.60. The topological polar surface area (TPSA) is 66.2 Å². The van der Waals surface area contributed by atoms with Gasteiger partial charge in [0, 0.05) is 10.6 Å². The molecule has 0 unspecified atom stereocenters. The molecule has 0 bridgehead atoms. The molecule has 4 nitrogen and oxygen atoms in total. The third-order valence-electron chi connectivity index (χ3n) is 2.78. The zero-order chi connectivity index (χ0) is 13.4. The van der Waals surface area contributed by atoms with Gasteiger partial charge in [0.1, 0.15) is 0 Å². The molecule has 0 saturated carbocycles. The van der Waals surface area contributed by atoms with E-state index in [2.05, 4.69) is 9.97 Å². The molecule has 94 valence electrons. The SMILES string of the molecule is Oc1ccc(-c2cnc3cc(Cl)ccc3n2)cc1O. The lowest BCUT2D eigenvalue weighted by Crippen LogP contribution is -1.88. The van der Waals surface area contributed by atoms with Crippen LogP contribution >= 0.6 is 11.6 Å². The second-order valence-electron chi connectivity index (χ2n) is 4.09. The van der Waals surface area contributed by atoms with Gasteiger partial charge in [0.25, 0.3) is 0 Å². The van der Waals surface area contributed by atoms with E-state index in [1.165, 1.54) is 12.1 Å². The van der Waals surface area contributed by atoms with Crippen molar-refractivity contribution in [1.82, 2.24) is 9.97 Å². The van der Waals surface area contributed by atoms with E-state index in [1.807, 2.05) is 0 Å². The Hall–Kier alpha value is -2.33. The number of phenols is 2. The molecule has 0 aliphatic heterocycles. The number of nitrogens with zero attached hydrogens (tertiary/aromatic N) is 2. The Labute approximate surface area is 114 Å². The monoisotopic (exact) mass is 272 g/mol. The average molecular weight is 273 g/mol. The molecule has 2 N–H and O–H groups in total. The Kier molecular flexibility index (Phi) is 2.72. The standard InChI is InChI=1S/C14H9ClN2O2/c15-9-2-3-10-11(6-9)16-7-12(17-10)8-1-4-13(18)14(19)5-8/h1-7,18-19H. The maximum Gasteiger partial charge on any atom is 0.158 e. The van der Waals surface area contributed by atoms with E-state index in [9.17, 15) is 10.2 Å². The van der Waals surface area contributed by atoms with Crippen LogP contribution in [-0.4, -0.2) is 20.2 Å². The van der Waals surface area contributed by atoms with Crippen LogP contribution in [0, 0.1) is 0 Å². The summed E-state index contributed by atoms with van der Waals surface area (Å²) < 4.78 is 0. The molecule has 1 heterocycles. The first-order valence-corrected chi connectivity index (χ1v) is 5.96. The molecule has 0 fully saturated rings. The lowest BCUT2D eigenvalue weighted by atomic mass is 10.1. The quantitative estimate of drug-likeness (QED) is 0.667. The van der Waals surface area contributed by atoms with Gasteiger partial charge in [-0.15, -0.1) is 0 Å². The van der Waals surface area contributed by atoms with Crippen molar-refractivity contribution in [2.45, 2.75) is 0 Å². The summed E-state index contributed by atoms with van der Waals surface area (Å²) >= 11 is 5.89. The molecule has 19 heavy (non-hydrogen) atoms. The number of rotatable bonds is 1. The normalized spacial score (nSPS) is 10.8. The van der Waals surface area contributed by atoms with E-state index < -0.39 is 0 Å². The van der Waals surface area contributed by atoms with E-state index in [1.54, 1.807) is 30.5 Å². The molecule has 0 spiro atoms. The molecule has 0 radical (unpaired) electrons. The lowest BCUT2D eigenvalue weighted by molar-refractivity contribution is 0.404. The molecule has 1 aromatic heterocycles. The molecular weight excluding hydrogens is 264 g/mol. The van der Waals surface area contributed by atoms with E-state index in [-0.39, 0.29) is 11.5 Å². The molecule has 0 aliphatic rings.